The fourth-order valence-corrected chi connectivity index (χ4v) is 2.50. The molecule has 0 bridgehead atoms. The molecular weight excluding hydrogens is 268 g/mol. The Kier molecular flexibility index (Phi) is 3.82. The molecule has 1 heterocycles. The second-order valence-electron chi connectivity index (χ2n) is 3.95. The average Bonchev–Trinajstić information content (AvgIpc) is 2.75. The number of nitrogens with one attached hydrogen (secondary N) is 1. The maximum atomic E-state index is 11.9. The normalized spacial score (nSPS) is 11.6. The van der Waals surface area contributed by atoms with Crippen molar-refractivity contribution in [2.45, 2.75) is 18.2 Å². The van der Waals surface area contributed by atoms with Crippen LogP contribution >= 0.6 is 0 Å². The third-order valence-corrected chi connectivity index (χ3v) is 3.88. The van der Waals surface area contributed by atoms with Gasteiger partial charge in [0.15, 0.2) is 5.82 Å². The van der Waals surface area contributed by atoms with E-state index in [1.54, 1.807) is 6.92 Å². The van der Waals surface area contributed by atoms with Crippen LogP contribution in [0.15, 0.2) is 33.7 Å². The number of nitrogens with zero attached hydrogens (tertiary/aromatic N) is 2. The van der Waals surface area contributed by atoms with E-state index in [0.717, 1.165) is 0 Å². The summed E-state index contributed by atoms with van der Waals surface area (Å²) in [4.78, 5) is 4.16. The quantitative estimate of drug-likeness (QED) is 0.772. The zero-order valence-corrected chi connectivity index (χ0v) is 11.1. The summed E-state index contributed by atoms with van der Waals surface area (Å²) in [6.07, 6.45) is 0.367. The van der Waals surface area contributed by atoms with Crippen LogP contribution in [0.2, 0.25) is 0 Å². The van der Waals surface area contributed by atoms with Gasteiger partial charge in [0.05, 0.1) is 4.90 Å². The van der Waals surface area contributed by atoms with E-state index < -0.39 is 10.0 Å². The topological polar surface area (TPSA) is 111 Å². The first-order valence-corrected chi connectivity index (χ1v) is 7.10. The van der Waals surface area contributed by atoms with Crippen LogP contribution in [0.4, 0.5) is 5.69 Å². The first-order chi connectivity index (χ1) is 8.97. The molecule has 19 heavy (non-hydrogen) atoms. The number of benzene rings is 1. The highest BCUT2D eigenvalue weighted by molar-refractivity contribution is 7.89. The minimum atomic E-state index is -3.53. The zero-order valence-electron chi connectivity index (χ0n) is 10.3. The van der Waals surface area contributed by atoms with Gasteiger partial charge in [-0.1, -0.05) is 5.16 Å². The predicted molar refractivity (Wildman–Crippen MR) is 68.8 cm³/mol. The Hall–Kier alpha value is -1.93. The van der Waals surface area contributed by atoms with Crippen molar-refractivity contribution < 1.29 is 12.9 Å². The number of anilines is 1. The second-order valence-corrected chi connectivity index (χ2v) is 5.71. The number of aryl methyl sites for hydroxylation is 1. The lowest BCUT2D eigenvalue weighted by Crippen LogP contribution is -2.26. The van der Waals surface area contributed by atoms with Gasteiger partial charge in [-0.05, 0) is 24.3 Å². The average molecular weight is 282 g/mol. The summed E-state index contributed by atoms with van der Waals surface area (Å²) in [6, 6.07) is 5.99. The lowest BCUT2D eigenvalue weighted by Gasteiger charge is -2.05. The van der Waals surface area contributed by atoms with Gasteiger partial charge in [-0.15, -0.1) is 0 Å². The van der Waals surface area contributed by atoms with Crippen LogP contribution in [0.25, 0.3) is 0 Å². The molecule has 1 aromatic heterocycles. The molecule has 2 aromatic rings. The highest BCUT2D eigenvalue weighted by Gasteiger charge is 2.13. The van der Waals surface area contributed by atoms with Crippen molar-refractivity contribution in [3.63, 3.8) is 0 Å². The molecule has 0 atom stereocenters. The van der Waals surface area contributed by atoms with Crippen molar-refractivity contribution in [3.05, 3.63) is 36.0 Å². The molecule has 8 heteroatoms. The molecule has 0 unspecified atom stereocenters. The predicted octanol–water partition coefficient (Wildman–Crippen LogP) is 0.481. The number of rotatable bonds is 5. The van der Waals surface area contributed by atoms with Gasteiger partial charge >= 0.3 is 0 Å². The lowest BCUT2D eigenvalue weighted by atomic mass is 10.3. The van der Waals surface area contributed by atoms with E-state index in [4.69, 9.17) is 10.3 Å². The SMILES string of the molecule is Cc1nc(CCNS(=O)(=O)c2ccc(N)cc2)no1. The van der Waals surface area contributed by atoms with Gasteiger partial charge in [0.1, 0.15) is 0 Å². The Morgan fingerprint density at radius 2 is 2.00 bits per heavy atom. The van der Waals surface area contributed by atoms with Gasteiger partial charge in [0.25, 0.3) is 0 Å². The molecule has 0 saturated carbocycles. The zero-order chi connectivity index (χ0) is 13.9. The maximum absolute atomic E-state index is 11.9. The van der Waals surface area contributed by atoms with Crippen molar-refractivity contribution in [3.8, 4) is 0 Å². The molecule has 0 aliphatic carbocycles. The highest BCUT2D eigenvalue weighted by atomic mass is 32.2. The summed E-state index contributed by atoms with van der Waals surface area (Å²) in [6.45, 7) is 1.88. The molecule has 0 spiro atoms. The monoisotopic (exact) mass is 282 g/mol. The van der Waals surface area contributed by atoms with Crippen molar-refractivity contribution in [2.75, 3.05) is 12.3 Å². The lowest BCUT2D eigenvalue weighted by molar-refractivity contribution is 0.387. The summed E-state index contributed by atoms with van der Waals surface area (Å²) in [7, 11) is -3.53. The van der Waals surface area contributed by atoms with E-state index in [9.17, 15) is 8.42 Å². The first-order valence-electron chi connectivity index (χ1n) is 5.62. The molecule has 7 nitrogen and oxygen atoms in total. The van der Waals surface area contributed by atoms with E-state index >= 15 is 0 Å². The highest BCUT2D eigenvalue weighted by Crippen LogP contribution is 2.11. The molecule has 1 aromatic carbocycles. The van der Waals surface area contributed by atoms with Gasteiger partial charge in [0.2, 0.25) is 15.9 Å². The van der Waals surface area contributed by atoms with Crippen molar-refractivity contribution in [1.82, 2.24) is 14.9 Å². The maximum Gasteiger partial charge on any atom is 0.240 e. The second kappa shape index (κ2) is 5.37. The Morgan fingerprint density at radius 3 is 2.58 bits per heavy atom. The smallest absolute Gasteiger partial charge is 0.240 e. The number of nitrogen functional groups attached to an aromatic ring is 1. The molecule has 3 N–H and O–H groups in total. The third kappa shape index (κ3) is 3.52. The molecule has 0 aliphatic heterocycles. The van der Waals surface area contributed by atoms with Crippen LogP contribution in [-0.2, 0) is 16.4 Å². The Bertz CT molecular complexity index is 649. The molecule has 0 fully saturated rings. The standard InChI is InChI=1S/C11H14N4O3S/c1-8-14-11(15-18-8)6-7-13-19(16,17)10-4-2-9(12)3-5-10/h2-5,13H,6-7,12H2,1H3. The largest absolute Gasteiger partial charge is 0.399 e. The molecule has 0 amide bonds. The minimum Gasteiger partial charge on any atom is -0.399 e. The number of hydrogen-bond acceptors (Lipinski definition) is 6. The summed E-state index contributed by atoms with van der Waals surface area (Å²) in [5, 5.41) is 3.68. The minimum absolute atomic E-state index is 0.172. The first kappa shape index (κ1) is 13.5. The van der Waals surface area contributed by atoms with Gasteiger partial charge in [0, 0.05) is 25.6 Å². The Balaban J connectivity index is 1.96. The van der Waals surface area contributed by atoms with Crippen LogP contribution < -0.4 is 10.5 Å². The van der Waals surface area contributed by atoms with Crippen molar-refractivity contribution >= 4 is 15.7 Å². The van der Waals surface area contributed by atoms with Gasteiger partial charge in [-0.2, -0.15) is 4.98 Å². The van der Waals surface area contributed by atoms with Crippen LogP contribution in [-0.4, -0.2) is 25.1 Å². The molecule has 2 rings (SSSR count). The van der Waals surface area contributed by atoms with Crippen molar-refractivity contribution in [2.24, 2.45) is 0 Å². The third-order valence-electron chi connectivity index (χ3n) is 2.40. The molecule has 0 aliphatic rings. The summed E-state index contributed by atoms with van der Waals surface area (Å²) in [5.41, 5.74) is 6.02. The fraction of sp³-hybridized carbons (Fsp3) is 0.273. The Labute approximate surface area is 110 Å². The summed E-state index contributed by atoms with van der Waals surface area (Å²) in [5.74, 6) is 0.925. The number of sulfonamides is 1. The van der Waals surface area contributed by atoms with E-state index in [1.165, 1.54) is 24.3 Å². The summed E-state index contributed by atoms with van der Waals surface area (Å²) >= 11 is 0. The van der Waals surface area contributed by atoms with Crippen LogP contribution in [0.1, 0.15) is 11.7 Å². The molecule has 0 radical (unpaired) electrons. The molecular formula is C11H14N4O3S. The molecule has 102 valence electrons. The number of hydrogen-bond donors (Lipinski definition) is 2. The van der Waals surface area contributed by atoms with E-state index in [1.807, 2.05) is 0 Å². The van der Waals surface area contributed by atoms with Crippen LogP contribution in [0.3, 0.4) is 0 Å². The fourth-order valence-electron chi connectivity index (χ4n) is 1.47. The van der Waals surface area contributed by atoms with Crippen molar-refractivity contribution in [1.29, 1.82) is 0 Å². The Morgan fingerprint density at radius 1 is 1.32 bits per heavy atom. The number of aromatic nitrogens is 2. The number of nitrogens with two attached hydrogens (primary N) is 1. The van der Waals surface area contributed by atoms with Gasteiger partial charge in [-0.25, -0.2) is 13.1 Å². The van der Waals surface area contributed by atoms with Gasteiger partial charge < -0.3 is 10.3 Å². The van der Waals surface area contributed by atoms with E-state index in [0.29, 0.717) is 23.8 Å². The van der Waals surface area contributed by atoms with E-state index in [2.05, 4.69) is 14.9 Å². The van der Waals surface area contributed by atoms with Gasteiger partial charge in [-0.3, -0.25) is 0 Å². The van der Waals surface area contributed by atoms with E-state index in [-0.39, 0.29) is 11.4 Å². The molecule has 0 saturated heterocycles. The van der Waals surface area contributed by atoms with Crippen LogP contribution in [0.5, 0.6) is 0 Å². The van der Waals surface area contributed by atoms with Crippen LogP contribution in [0, 0.1) is 6.92 Å². The summed E-state index contributed by atoms with van der Waals surface area (Å²) < 4.78 is 31.1.